The summed E-state index contributed by atoms with van der Waals surface area (Å²) >= 11 is 5.78. The van der Waals surface area contributed by atoms with E-state index >= 15 is 0 Å². The van der Waals surface area contributed by atoms with Crippen LogP contribution in [0.25, 0.3) is 0 Å². The molecule has 0 fully saturated rings. The molecule has 2 rings (SSSR count). The SMILES string of the molecule is COC(=O)c1ccc(C(=O)c2ccc(Cl)cc2)n1C. The number of carbonyl (C=O) groups excluding carboxylic acids is 2. The van der Waals surface area contributed by atoms with E-state index in [9.17, 15) is 9.59 Å². The molecule has 0 unspecified atom stereocenters. The Balaban J connectivity index is 2.37. The van der Waals surface area contributed by atoms with E-state index in [4.69, 9.17) is 11.6 Å². The number of nitrogens with zero attached hydrogens (tertiary/aromatic N) is 1. The van der Waals surface area contributed by atoms with E-state index < -0.39 is 5.97 Å². The molecule has 0 radical (unpaired) electrons. The van der Waals surface area contributed by atoms with Gasteiger partial charge in [-0.15, -0.1) is 0 Å². The molecular weight excluding hydrogens is 266 g/mol. The summed E-state index contributed by atoms with van der Waals surface area (Å²) in [5.41, 5.74) is 1.27. The minimum Gasteiger partial charge on any atom is -0.464 e. The summed E-state index contributed by atoms with van der Waals surface area (Å²) in [6.45, 7) is 0. The average molecular weight is 278 g/mol. The van der Waals surface area contributed by atoms with Crippen molar-refractivity contribution in [1.29, 1.82) is 0 Å². The summed E-state index contributed by atoms with van der Waals surface area (Å²) < 4.78 is 6.16. The van der Waals surface area contributed by atoms with Crippen molar-refractivity contribution >= 4 is 23.4 Å². The molecule has 1 aromatic carbocycles. The Morgan fingerprint density at radius 1 is 1.05 bits per heavy atom. The fourth-order valence-corrected chi connectivity index (χ4v) is 1.92. The maximum atomic E-state index is 12.3. The lowest BCUT2D eigenvalue weighted by atomic mass is 10.1. The van der Waals surface area contributed by atoms with Crippen LogP contribution in [0.15, 0.2) is 36.4 Å². The quantitative estimate of drug-likeness (QED) is 0.640. The first-order chi connectivity index (χ1) is 9.04. The molecule has 2 aromatic rings. The molecule has 1 aromatic heterocycles. The number of carbonyl (C=O) groups is 2. The van der Waals surface area contributed by atoms with Gasteiger partial charge in [0.05, 0.1) is 12.8 Å². The van der Waals surface area contributed by atoms with E-state index in [1.165, 1.54) is 11.7 Å². The summed E-state index contributed by atoms with van der Waals surface area (Å²) in [5, 5.41) is 0.568. The highest BCUT2D eigenvalue weighted by atomic mass is 35.5. The Labute approximate surface area is 115 Å². The molecular formula is C14H12ClNO3. The molecule has 0 atom stereocenters. The lowest BCUT2D eigenvalue weighted by molar-refractivity contribution is 0.0590. The van der Waals surface area contributed by atoms with Crippen LogP contribution >= 0.6 is 11.6 Å². The maximum absolute atomic E-state index is 12.3. The molecule has 0 saturated carbocycles. The number of methoxy groups -OCH3 is 1. The van der Waals surface area contributed by atoms with Crippen molar-refractivity contribution in [3.8, 4) is 0 Å². The molecule has 19 heavy (non-hydrogen) atoms. The maximum Gasteiger partial charge on any atom is 0.354 e. The highest BCUT2D eigenvalue weighted by Crippen LogP contribution is 2.16. The molecule has 4 nitrogen and oxygen atoms in total. The highest BCUT2D eigenvalue weighted by molar-refractivity contribution is 6.30. The van der Waals surface area contributed by atoms with Gasteiger partial charge in [-0.3, -0.25) is 4.79 Å². The second kappa shape index (κ2) is 5.28. The molecule has 0 spiro atoms. The lowest BCUT2D eigenvalue weighted by Crippen LogP contribution is -2.13. The number of rotatable bonds is 3. The number of hydrogen-bond donors (Lipinski definition) is 0. The zero-order chi connectivity index (χ0) is 14.0. The zero-order valence-corrected chi connectivity index (χ0v) is 11.3. The summed E-state index contributed by atoms with van der Waals surface area (Å²) in [7, 11) is 2.95. The van der Waals surface area contributed by atoms with E-state index in [1.54, 1.807) is 43.4 Å². The third-order valence-electron chi connectivity index (χ3n) is 2.86. The van der Waals surface area contributed by atoms with E-state index in [0.29, 0.717) is 22.0 Å². The Bertz CT molecular complexity index is 629. The number of benzene rings is 1. The summed E-state index contributed by atoms with van der Waals surface area (Å²) in [6, 6.07) is 9.76. The van der Waals surface area contributed by atoms with Crippen LogP contribution < -0.4 is 0 Å². The lowest BCUT2D eigenvalue weighted by Gasteiger charge is -2.06. The fourth-order valence-electron chi connectivity index (χ4n) is 1.80. The van der Waals surface area contributed by atoms with Crippen LogP contribution in [-0.4, -0.2) is 23.4 Å². The molecule has 98 valence electrons. The first kappa shape index (κ1) is 13.4. The average Bonchev–Trinajstić information content (AvgIpc) is 2.80. The summed E-state index contributed by atoms with van der Waals surface area (Å²) in [4.78, 5) is 23.8. The van der Waals surface area contributed by atoms with E-state index in [0.717, 1.165) is 0 Å². The van der Waals surface area contributed by atoms with Gasteiger partial charge in [-0.05, 0) is 36.4 Å². The van der Waals surface area contributed by atoms with Crippen molar-refractivity contribution in [3.63, 3.8) is 0 Å². The highest BCUT2D eigenvalue weighted by Gasteiger charge is 2.18. The van der Waals surface area contributed by atoms with Gasteiger partial charge in [-0.2, -0.15) is 0 Å². The van der Waals surface area contributed by atoms with Gasteiger partial charge in [-0.1, -0.05) is 11.6 Å². The normalized spacial score (nSPS) is 10.3. The van der Waals surface area contributed by atoms with Crippen LogP contribution in [0.3, 0.4) is 0 Å². The first-order valence-corrected chi connectivity index (χ1v) is 5.96. The predicted molar refractivity (Wildman–Crippen MR) is 71.6 cm³/mol. The monoisotopic (exact) mass is 277 g/mol. The smallest absolute Gasteiger partial charge is 0.354 e. The fraction of sp³-hybridized carbons (Fsp3) is 0.143. The number of hydrogen-bond acceptors (Lipinski definition) is 3. The number of ketones is 1. The van der Waals surface area contributed by atoms with Crippen LogP contribution in [0.1, 0.15) is 26.5 Å². The predicted octanol–water partition coefficient (Wildman–Crippen LogP) is 2.70. The van der Waals surface area contributed by atoms with Gasteiger partial charge in [0.2, 0.25) is 5.78 Å². The van der Waals surface area contributed by atoms with Crippen molar-refractivity contribution in [3.05, 3.63) is 58.4 Å². The van der Waals surface area contributed by atoms with Crippen LogP contribution in [0.5, 0.6) is 0 Å². The standard InChI is InChI=1S/C14H12ClNO3/c1-16-11(7-8-12(16)14(18)19-2)13(17)9-3-5-10(15)6-4-9/h3-8H,1-2H3. The van der Waals surface area contributed by atoms with Crippen molar-refractivity contribution in [2.24, 2.45) is 7.05 Å². The van der Waals surface area contributed by atoms with Crippen LogP contribution in [0.2, 0.25) is 5.02 Å². The zero-order valence-electron chi connectivity index (χ0n) is 10.5. The molecule has 0 aliphatic rings. The minimum atomic E-state index is -0.474. The molecule has 0 aliphatic carbocycles. The summed E-state index contributed by atoms with van der Waals surface area (Å²) in [5.74, 6) is -0.646. The molecule has 1 heterocycles. The Morgan fingerprint density at radius 3 is 2.21 bits per heavy atom. The Hall–Kier alpha value is -2.07. The van der Waals surface area contributed by atoms with Gasteiger partial charge in [0.25, 0.3) is 0 Å². The van der Waals surface area contributed by atoms with Gasteiger partial charge >= 0.3 is 5.97 Å². The van der Waals surface area contributed by atoms with Gasteiger partial charge < -0.3 is 9.30 Å². The molecule has 0 saturated heterocycles. The van der Waals surface area contributed by atoms with Crippen LogP contribution in [0, 0.1) is 0 Å². The van der Waals surface area contributed by atoms with Gasteiger partial charge in [0.15, 0.2) is 0 Å². The topological polar surface area (TPSA) is 48.3 Å². The van der Waals surface area contributed by atoms with Crippen molar-refractivity contribution < 1.29 is 14.3 Å². The van der Waals surface area contributed by atoms with Gasteiger partial charge in [-0.25, -0.2) is 4.79 Å². The number of aromatic nitrogens is 1. The summed E-state index contributed by atoms with van der Waals surface area (Å²) in [6.07, 6.45) is 0. The Kier molecular flexibility index (Phi) is 3.71. The molecule has 0 aliphatic heterocycles. The van der Waals surface area contributed by atoms with Gasteiger partial charge in [0.1, 0.15) is 5.69 Å². The molecule has 0 N–H and O–H groups in total. The molecule has 0 amide bonds. The van der Waals surface area contributed by atoms with Crippen molar-refractivity contribution in [2.45, 2.75) is 0 Å². The Morgan fingerprint density at radius 2 is 1.63 bits per heavy atom. The number of halogens is 1. The van der Waals surface area contributed by atoms with Crippen molar-refractivity contribution in [1.82, 2.24) is 4.57 Å². The van der Waals surface area contributed by atoms with Gasteiger partial charge in [0, 0.05) is 17.6 Å². The van der Waals surface area contributed by atoms with E-state index in [-0.39, 0.29) is 5.78 Å². The number of esters is 1. The first-order valence-electron chi connectivity index (χ1n) is 5.59. The van der Waals surface area contributed by atoms with Crippen LogP contribution in [0.4, 0.5) is 0 Å². The number of ether oxygens (including phenoxy) is 1. The third kappa shape index (κ3) is 2.53. The molecule has 0 bridgehead atoms. The van der Waals surface area contributed by atoms with Crippen LogP contribution in [-0.2, 0) is 11.8 Å². The molecule has 5 heteroatoms. The third-order valence-corrected chi connectivity index (χ3v) is 3.11. The second-order valence-corrected chi connectivity index (χ2v) is 4.43. The van der Waals surface area contributed by atoms with E-state index in [1.807, 2.05) is 0 Å². The van der Waals surface area contributed by atoms with Crippen molar-refractivity contribution in [2.75, 3.05) is 7.11 Å². The van der Waals surface area contributed by atoms with E-state index in [2.05, 4.69) is 4.74 Å². The minimum absolute atomic E-state index is 0.172. The second-order valence-electron chi connectivity index (χ2n) is 3.99. The largest absolute Gasteiger partial charge is 0.464 e.